The van der Waals surface area contributed by atoms with Gasteiger partial charge >= 0.3 is 5.97 Å². The number of nitrogens with zero attached hydrogens (tertiary/aromatic N) is 2. The van der Waals surface area contributed by atoms with E-state index in [4.69, 9.17) is 14.5 Å². The maximum Gasteiger partial charge on any atom is 0.338 e. The lowest BCUT2D eigenvalue weighted by atomic mass is 9.93. The molecule has 5 rings (SSSR count). The Labute approximate surface area is 244 Å². The van der Waals surface area contributed by atoms with Crippen LogP contribution in [0.4, 0.5) is 0 Å². The van der Waals surface area contributed by atoms with Crippen molar-refractivity contribution in [3.05, 3.63) is 118 Å². The molecule has 1 aromatic heterocycles. The summed E-state index contributed by atoms with van der Waals surface area (Å²) in [5.74, 6) is 0.100. The fraction of sp³-hybridized carbons (Fsp3) is 0.138. The van der Waals surface area contributed by atoms with E-state index in [1.54, 1.807) is 44.4 Å². The molecule has 1 aliphatic heterocycles. The Morgan fingerprint density at radius 3 is 2.51 bits per heavy atom. The van der Waals surface area contributed by atoms with Crippen LogP contribution in [0.2, 0.25) is 0 Å². The Morgan fingerprint density at radius 2 is 1.85 bits per heavy atom. The van der Waals surface area contributed by atoms with Gasteiger partial charge in [-0.1, -0.05) is 69.7 Å². The first-order valence-corrected chi connectivity index (χ1v) is 14.3. The minimum atomic E-state index is -0.800. The van der Waals surface area contributed by atoms with Gasteiger partial charge in [0.05, 0.1) is 40.0 Å². The molecule has 0 amide bonds. The molecule has 0 spiro atoms. The molecule has 4 aromatic rings. The zero-order valence-corrected chi connectivity index (χ0v) is 24.8. The van der Waals surface area contributed by atoms with Crippen LogP contribution in [-0.4, -0.2) is 29.4 Å². The first kappa shape index (κ1) is 27.1. The summed E-state index contributed by atoms with van der Waals surface area (Å²) in [6.07, 6.45) is 1.62. The summed E-state index contributed by atoms with van der Waals surface area (Å²) in [4.78, 5) is 32.7. The van der Waals surface area contributed by atoms with E-state index >= 15 is 0 Å². The van der Waals surface area contributed by atoms with Gasteiger partial charge in [0.2, 0.25) is 0 Å². The smallest absolute Gasteiger partial charge is 0.338 e. The quantitative estimate of drug-likeness (QED) is 0.286. The third-order valence-corrected chi connectivity index (χ3v) is 8.19. The summed E-state index contributed by atoms with van der Waals surface area (Å²) < 4.78 is 13.9. The summed E-state index contributed by atoms with van der Waals surface area (Å²) in [7, 11) is 1.57. The minimum absolute atomic E-state index is 0.00734. The van der Waals surface area contributed by atoms with Crippen molar-refractivity contribution in [1.82, 2.24) is 4.57 Å². The maximum atomic E-state index is 14.0. The number of hydrogen-bond acceptors (Lipinski definition) is 7. The zero-order chi connectivity index (χ0) is 27.7. The second kappa shape index (κ2) is 11.3. The number of carbonyl (C=O) groups excluding carboxylic acids is 1. The molecular formula is C29H22Br2N2O5S. The van der Waals surface area contributed by atoms with Gasteiger partial charge in [0, 0.05) is 15.6 Å². The monoisotopic (exact) mass is 668 g/mol. The van der Waals surface area contributed by atoms with Gasteiger partial charge in [-0.15, -0.1) is 0 Å². The van der Waals surface area contributed by atoms with Crippen molar-refractivity contribution >= 4 is 60.9 Å². The minimum Gasteiger partial charge on any atom is -0.506 e. The van der Waals surface area contributed by atoms with Crippen molar-refractivity contribution in [3.8, 4) is 11.5 Å². The average Bonchev–Trinajstić information content (AvgIpc) is 3.25. The van der Waals surface area contributed by atoms with Crippen molar-refractivity contribution in [1.29, 1.82) is 0 Å². The van der Waals surface area contributed by atoms with Crippen LogP contribution in [0.5, 0.6) is 11.5 Å². The summed E-state index contributed by atoms with van der Waals surface area (Å²) in [5.41, 5.74) is 2.24. The van der Waals surface area contributed by atoms with E-state index in [1.165, 1.54) is 15.9 Å². The van der Waals surface area contributed by atoms with Crippen molar-refractivity contribution < 1.29 is 19.4 Å². The number of fused-ring (bicyclic) bond motifs is 1. The Balaban J connectivity index is 1.84. The van der Waals surface area contributed by atoms with Crippen LogP contribution in [0.25, 0.3) is 11.8 Å². The summed E-state index contributed by atoms with van der Waals surface area (Å²) in [6.45, 7) is 1.90. The van der Waals surface area contributed by atoms with Crippen LogP contribution in [0.3, 0.4) is 0 Å². The molecule has 1 N–H and O–H groups in total. The molecule has 0 fully saturated rings. The van der Waals surface area contributed by atoms with Gasteiger partial charge in [0.15, 0.2) is 4.80 Å². The predicted molar refractivity (Wildman–Crippen MR) is 158 cm³/mol. The van der Waals surface area contributed by atoms with E-state index in [2.05, 4.69) is 31.9 Å². The van der Waals surface area contributed by atoms with E-state index in [0.29, 0.717) is 36.4 Å². The number of hydrogen-bond donors (Lipinski definition) is 1. The van der Waals surface area contributed by atoms with Crippen LogP contribution < -0.4 is 19.6 Å². The standard InChI is InChI=1S/C29H22Br2N2O5S/c1-3-38-28(36)23-24(16-7-5-4-6-8-16)32-29-33(25(23)17-9-11-20(37-2)12-10-17)27(35)22(39-29)14-18-13-19(30)15-21(31)26(18)34/h4-15,25,34H,3H2,1-2H3/b22-14-/t25-/m1/s1. The SMILES string of the molecule is CCOC(=O)C1=C(c2ccccc2)N=c2s/c(=C\c3cc(Br)cc(Br)c3O)c(=O)n2[C@@H]1c1ccc(OC)cc1. The summed E-state index contributed by atoms with van der Waals surface area (Å²) >= 11 is 7.96. The van der Waals surface area contributed by atoms with Crippen molar-refractivity contribution in [2.24, 2.45) is 4.99 Å². The van der Waals surface area contributed by atoms with Gasteiger partial charge in [-0.25, -0.2) is 9.79 Å². The Hall–Kier alpha value is -3.47. The Bertz CT molecular complexity index is 1780. The summed E-state index contributed by atoms with van der Waals surface area (Å²) in [6, 6.07) is 19.2. The van der Waals surface area contributed by atoms with Crippen LogP contribution in [0.15, 0.2) is 91.0 Å². The molecule has 10 heteroatoms. The fourth-order valence-corrected chi connectivity index (χ4v) is 6.63. The lowest BCUT2D eigenvalue weighted by Gasteiger charge is -2.26. The highest BCUT2D eigenvalue weighted by Crippen LogP contribution is 2.36. The number of esters is 1. The number of benzene rings is 3. The fourth-order valence-electron chi connectivity index (χ4n) is 4.38. The molecule has 0 radical (unpaired) electrons. The molecule has 2 heterocycles. The largest absolute Gasteiger partial charge is 0.506 e. The van der Waals surface area contributed by atoms with Crippen LogP contribution in [0.1, 0.15) is 29.7 Å². The number of aromatic hydroxyl groups is 1. The highest BCUT2D eigenvalue weighted by Gasteiger charge is 2.35. The average molecular weight is 670 g/mol. The number of halogens is 2. The van der Waals surface area contributed by atoms with Gasteiger partial charge < -0.3 is 14.6 Å². The zero-order valence-electron chi connectivity index (χ0n) is 20.9. The molecule has 0 saturated heterocycles. The van der Waals surface area contributed by atoms with Crippen molar-refractivity contribution in [3.63, 3.8) is 0 Å². The molecule has 0 saturated carbocycles. The number of phenolic OH excluding ortho intramolecular Hbond substituents is 1. The van der Waals surface area contributed by atoms with Crippen LogP contribution in [0, 0.1) is 0 Å². The van der Waals surface area contributed by atoms with Crippen molar-refractivity contribution in [2.75, 3.05) is 13.7 Å². The second-order valence-electron chi connectivity index (χ2n) is 8.53. The first-order valence-electron chi connectivity index (χ1n) is 11.9. The molecule has 0 aliphatic carbocycles. The molecule has 1 atom stereocenters. The summed E-state index contributed by atoms with van der Waals surface area (Å²) in [5, 5.41) is 10.6. The second-order valence-corrected chi connectivity index (χ2v) is 11.3. The number of aromatic nitrogens is 1. The maximum absolute atomic E-state index is 14.0. The van der Waals surface area contributed by atoms with E-state index in [-0.39, 0.29) is 23.5 Å². The van der Waals surface area contributed by atoms with Gasteiger partial charge in [0.1, 0.15) is 11.5 Å². The predicted octanol–water partition coefficient (Wildman–Crippen LogP) is 5.17. The Kier molecular flexibility index (Phi) is 7.88. The van der Waals surface area contributed by atoms with E-state index in [1.807, 2.05) is 42.5 Å². The molecule has 198 valence electrons. The third kappa shape index (κ3) is 5.24. The lowest BCUT2D eigenvalue weighted by molar-refractivity contribution is -0.138. The van der Waals surface area contributed by atoms with Crippen LogP contribution in [-0.2, 0) is 9.53 Å². The highest BCUT2D eigenvalue weighted by atomic mass is 79.9. The topological polar surface area (TPSA) is 90.1 Å². The number of thiazole rings is 1. The number of carbonyl (C=O) groups is 1. The number of phenols is 1. The van der Waals surface area contributed by atoms with Gasteiger partial charge in [-0.3, -0.25) is 9.36 Å². The van der Waals surface area contributed by atoms with Crippen molar-refractivity contribution in [2.45, 2.75) is 13.0 Å². The van der Waals surface area contributed by atoms with Gasteiger partial charge in [-0.2, -0.15) is 0 Å². The molecule has 0 unspecified atom stereocenters. The lowest BCUT2D eigenvalue weighted by Crippen LogP contribution is -2.40. The number of rotatable bonds is 6. The molecule has 39 heavy (non-hydrogen) atoms. The molecule has 7 nitrogen and oxygen atoms in total. The highest BCUT2D eigenvalue weighted by molar-refractivity contribution is 9.11. The molecular weight excluding hydrogens is 648 g/mol. The van der Waals surface area contributed by atoms with E-state index < -0.39 is 12.0 Å². The molecule has 1 aliphatic rings. The molecule has 0 bridgehead atoms. The van der Waals surface area contributed by atoms with Gasteiger partial charge in [-0.05, 0) is 58.8 Å². The first-order chi connectivity index (χ1) is 18.8. The van der Waals surface area contributed by atoms with Gasteiger partial charge in [0.25, 0.3) is 5.56 Å². The van der Waals surface area contributed by atoms with E-state index in [9.17, 15) is 14.7 Å². The normalized spacial score (nSPS) is 15.1. The number of ether oxygens (including phenoxy) is 2. The van der Waals surface area contributed by atoms with E-state index in [0.717, 1.165) is 10.0 Å². The Morgan fingerprint density at radius 1 is 1.13 bits per heavy atom. The van der Waals surface area contributed by atoms with Crippen LogP contribution >= 0.6 is 43.2 Å². The third-order valence-electron chi connectivity index (χ3n) is 6.15. The molecule has 3 aromatic carbocycles. The number of methoxy groups -OCH3 is 1.